The molecule has 0 bridgehead atoms. The Morgan fingerprint density at radius 1 is 1.12 bits per heavy atom. The lowest BCUT2D eigenvalue weighted by molar-refractivity contribution is -0.134. The molecule has 1 atom stereocenters. The van der Waals surface area contributed by atoms with Crippen LogP contribution in [0.4, 0.5) is 0 Å². The molecule has 24 heavy (non-hydrogen) atoms. The number of aromatic hydroxyl groups is 1. The number of carbonyl (C=O) groups is 1. The topological polar surface area (TPSA) is 49.8 Å². The molecule has 1 heterocycles. The van der Waals surface area contributed by atoms with Crippen LogP contribution in [0.2, 0.25) is 0 Å². The lowest BCUT2D eigenvalue weighted by Crippen LogP contribution is -2.38. The second-order valence-corrected chi connectivity index (χ2v) is 7.25. The fourth-order valence-electron chi connectivity index (χ4n) is 3.91. The van der Waals surface area contributed by atoms with Gasteiger partial charge in [-0.15, -0.1) is 0 Å². The van der Waals surface area contributed by atoms with E-state index in [0.717, 1.165) is 25.0 Å². The number of phenols is 1. The van der Waals surface area contributed by atoms with Crippen LogP contribution in [0.25, 0.3) is 0 Å². The van der Waals surface area contributed by atoms with Gasteiger partial charge in [0.2, 0.25) is 5.91 Å². The molecule has 0 spiro atoms. The standard InChI is InChI=1S/C20H29NO3/c22-19-11-5-4-9-17(19)14-21(15-18-10-6-12-24-18)20(23)13-16-7-2-1-3-8-16/h4-5,9,11,16,18,22H,1-3,6-8,10,12-15H2. The van der Waals surface area contributed by atoms with Crippen LogP contribution in [-0.2, 0) is 16.1 Å². The molecular formula is C20H29NO3. The number of benzene rings is 1. The van der Waals surface area contributed by atoms with Crippen LogP contribution in [0.1, 0.15) is 56.9 Å². The number of ether oxygens (including phenoxy) is 1. The molecule has 2 aliphatic rings. The van der Waals surface area contributed by atoms with Gasteiger partial charge in [-0.1, -0.05) is 37.5 Å². The monoisotopic (exact) mass is 331 g/mol. The fourth-order valence-corrected chi connectivity index (χ4v) is 3.91. The summed E-state index contributed by atoms with van der Waals surface area (Å²) in [4.78, 5) is 14.8. The van der Waals surface area contributed by atoms with Crippen molar-refractivity contribution < 1.29 is 14.6 Å². The van der Waals surface area contributed by atoms with Gasteiger partial charge in [-0.2, -0.15) is 0 Å². The van der Waals surface area contributed by atoms with E-state index < -0.39 is 0 Å². The van der Waals surface area contributed by atoms with Gasteiger partial charge in [-0.05, 0) is 37.7 Å². The van der Waals surface area contributed by atoms with Gasteiger partial charge in [0, 0.05) is 31.7 Å². The highest BCUT2D eigenvalue weighted by Gasteiger charge is 2.26. The maximum Gasteiger partial charge on any atom is 0.223 e. The summed E-state index contributed by atoms with van der Waals surface area (Å²) in [6, 6.07) is 7.30. The quantitative estimate of drug-likeness (QED) is 0.861. The van der Waals surface area contributed by atoms with Crippen LogP contribution in [0, 0.1) is 5.92 Å². The normalized spacial score (nSPS) is 21.8. The lowest BCUT2D eigenvalue weighted by Gasteiger charge is -2.29. The zero-order chi connectivity index (χ0) is 16.8. The van der Waals surface area contributed by atoms with Crippen molar-refractivity contribution in [3.8, 4) is 5.75 Å². The Kier molecular flexibility index (Phi) is 6.13. The van der Waals surface area contributed by atoms with Gasteiger partial charge in [0.25, 0.3) is 0 Å². The summed E-state index contributed by atoms with van der Waals surface area (Å²) in [5.74, 6) is 1.00. The summed E-state index contributed by atoms with van der Waals surface area (Å²) in [7, 11) is 0. The van der Waals surface area contributed by atoms with E-state index in [9.17, 15) is 9.90 Å². The van der Waals surface area contributed by atoms with Gasteiger partial charge < -0.3 is 14.7 Å². The summed E-state index contributed by atoms with van der Waals surface area (Å²) in [5.41, 5.74) is 0.812. The van der Waals surface area contributed by atoms with E-state index in [-0.39, 0.29) is 17.8 Å². The molecule has 1 unspecified atom stereocenters. The number of rotatable bonds is 6. The maximum atomic E-state index is 12.9. The Morgan fingerprint density at radius 3 is 2.62 bits per heavy atom. The molecule has 0 radical (unpaired) electrons. The Balaban J connectivity index is 1.65. The first-order chi connectivity index (χ1) is 11.7. The predicted molar refractivity (Wildman–Crippen MR) is 93.7 cm³/mol. The first-order valence-electron chi connectivity index (χ1n) is 9.38. The van der Waals surface area contributed by atoms with Crippen LogP contribution in [0.3, 0.4) is 0 Å². The van der Waals surface area contributed by atoms with E-state index >= 15 is 0 Å². The smallest absolute Gasteiger partial charge is 0.223 e. The lowest BCUT2D eigenvalue weighted by atomic mass is 9.86. The molecule has 1 saturated carbocycles. The predicted octanol–water partition coefficient (Wildman–Crippen LogP) is 3.87. The summed E-state index contributed by atoms with van der Waals surface area (Å²) in [5, 5.41) is 10.1. The van der Waals surface area contributed by atoms with E-state index in [2.05, 4.69) is 0 Å². The fraction of sp³-hybridized carbons (Fsp3) is 0.650. The number of amides is 1. The van der Waals surface area contributed by atoms with Crippen molar-refractivity contribution in [3.05, 3.63) is 29.8 Å². The van der Waals surface area contributed by atoms with Crippen LogP contribution in [-0.4, -0.2) is 35.2 Å². The molecule has 1 amide bonds. The number of phenolic OH excluding ortho intramolecular Hbond substituents is 1. The van der Waals surface area contributed by atoms with Gasteiger partial charge >= 0.3 is 0 Å². The zero-order valence-electron chi connectivity index (χ0n) is 14.5. The second-order valence-electron chi connectivity index (χ2n) is 7.25. The third-order valence-corrected chi connectivity index (χ3v) is 5.34. The van der Waals surface area contributed by atoms with Crippen molar-refractivity contribution >= 4 is 5.91 Å². The molecule has 1 aromatic rings. The number of para-hydroxylation sites is 1. The van der Waals surface area contributed by atoms with Crippen LogP contribution in [0.15, 0.2) is 24.3 Å². The van der Waals surface area contributed by atoms with Crippen molar-refractivity contribution in [2.45, 2.75) is 64.0 Å². The van der Waals surface area contributed by atoms with Gasteiger partial charge in [0.1, 0.15) is 5.75 Å². The molecule has 1 saturated heterocycles. The Labute approximate surface area is 144 Å². The third-order valence-electron chi connectivity index (χ3n) is 5.34. The van der Waals surface area contributed by atoms with E-state index in [1.54, 1.807) is 6.07 Å². The highest BCUT2D eigenvalue weighted by molar-refractivity contribution is 5.76. The summed E-state index contributed by atoms with van der Waals surface area (Å²) in [6.45, 7) is 1.91. The minimum Gasteiger partial charge on any atom is -0.508 e. The molecular weight excluding hydrogens is 302 g/mol. The Hall–Kier alpha value is -1.55. The zero-order valence-corrected chi connectivity index (χ0v) is 14.5. The molecule has 0 aromatic heterocycles. The van der Waals surface area contributed by atoms with Gasteiger partial charge in [0.05, 0.1) is 6.10 Å². The molecule has 1 aliphatic carbocycles. The van der Waals surface area contributed by atoms with E-state index in [0.29, 0.717) is 25.4 Å². The summed E-state index contributed by atoms with van der Waals surface area (Å²) >= 11 is 0. The largest absolute Gasteiger partial charge is 0.508 e. The molecule has 2 fully saturated rings. The minimum absolute atomic E-state index is 0.145. The second kappa shape index (κ2) is 8.52. The van der Waals surface area contributed by atoms with E-state index in [1.807, 2.05) is 23.1 Å². The highest BCUT2D eigenvalue weighted by atomic mass is 16.5. The number of carbonyl (C=O) groups excluding carboxylic acids is 1. The Morgan fingerprint density at radius 2 is 1.92 bits per heavy atom. The van der Waals surface area contributed by atoms with Crippen molar-refractivity contribution in [2.75, 3.05) is 13.2 Å². The third kappa shape index (κ3) is 4.73. The molecule has 4 nitrogen and oxygen atoms in total. The van der Waals surface area contributed by atoms with Crippen molar-refractivity contribution in [2.24, 2.45) is 5.92 Å². The highest BCUT2D eigenvalue weighted by Crippen LogP contribution is 2.28. The molecule has 1 aromatic carbocycles. The molecule has 3 rings (SSSR count). The number of nitrogens with zero attached hydrogens (tertiary/aromatic N) is 1. The summed E-state index contributed by atoms with van der Waals surface area (Å²) < 4.78 is 5.74. The van der Waals surface area contributed by atoms with Crippen LogP contribution >= 0.6 is 0 Å². The first-order valence-corrected chi connectivity index (χ1v) is 9.38. The molecule has 1 N–H and O–H groups in total. The van der Waals surface area contributed by atoms with Gasteiger partial charge in [-0.3, -0.25) is 4.79 Å². The van der Waals surface area contributed by atoms with Gasteiger partial charge in [0.15, 0.2) is 0 Å². The molecule has 4 heteroatoms. The Bertz CT molecular complexity index is 533. The van der Waals surface area contributed by atoms with Crippen LogP contribution in [0.5, 0.6) is 5.75 Å². The van der Waals surface area contributed by atoms with Crippen molar-refractivity contribution in [1.29, 1.82) is 0 Å². The van der Waals surface area contributed by atoms with Crippen molar-refractivity contribution in [1.82, 2.24) is 4.90 Å². The van der Waals surface area contributed by atoms with Crippen molar-refractivity contribution in [3.63, 3.8) is 0 Å². The average molecular weight is 331 g/mol. The van der Waals surface area contributed by atoms with Crippen LogP contribution < -0.4 is 0 Å². The average Bonchev–Trinajstić information content (AvgIpc) is 3.10. The molecule has 1 aliphatic heterocycles. The minimum atomic E-state index is 0.145. The molecule has 132 valence electrons. The SMILES string of the molecule is O=C(CC1CCCCC1)N(Cc1ccccc1O)CC1CCCO1. The first kappa shape index (κ1) is 17.3. The summed E-state index contributed by atoms with van der Waals surface area (Å²) in [6.07, 6.45) is 9.05. The van der Waals surface area contributed by atoms with Gasteiger partial charge in [-0.25, -0.2) is 0 Å². The number of hydrogen-bond donors (Lipinski definition) is 1. The maximum absolute atomic E-state index is 12.9. The van der Waals surface area contributed by atoms with E-state index in [4.69, 9.17) is 4.74 Å². The number of hydrogen-bond acceptors (Lipinski definition) is 3. The van der Waals surface area contributed by atoms with E-state index in [1.165, 1.54) is 32.1 Å².